The largest absolute Gasteiger partial charge is 0.369 e. The first-order chi connectivity index (χ1) is 19.3. The number of aryl methyl sites for hydroxylation is 1. The van der Waals surface area contributed by atoms with E-state index in [9.17, 15) is 9.59 Å². The zero-order valence-electron chi connectivity index (χ0n) is 22.3. The Bertz CT molecular complexity index is 1500. The SMILES string of the molecule is Cc1ccc(NC(=O)c2cccc(Br)c2)cc1C(=O)Nc1cnc(Nc2ccc(N3CCN(C)CC3)cc2)nc1. The molecule has 0 spiro atoms. The molecule has 1 fully saturated rings. The Kier molecular flexibility index (Phi) is 8.37. The van der Waals surface area contributed by atoms with Crippen LogP contribution in [0.5, 0.6) is 0 Å². The number of carbonyl (C=O) groups excluding carboxylic acids is 2. The minimum absolute atomic E-state index is 0.262. The highest BCUT2D eigenvalue weighted by molar-refractivity contribution is 9.10. The molecule has 9 nitrogen and oxygen atoms in total. The predicted octanol–water partition coefficient (Wildman–Crippen LogP) is 5.55. The van der Waals surface area contributed by atoms with E-state index in [1.807, 2.05) is 25.1 Å². The summed E-state index contributed by atoms with van der Waals surface area (Å²) in [6.07, 6.45) is 3.11. The first kappa shape index (κ1) is 27.3. The zero-order chi connectivity index (χ0) is 28.1. The molecule has 1 aliphatic heterocycles. The van der Waals surface area contributed by atoms with Crippen LogP contribution in [0.3, 0.4) is 0 Å². The Labute approximate surface area is 241 Å². The number of anilines is 5. The van der Waals surface area contributed by atoms with Crippen LogP contribution in [0.25, 0.3) is 0 Å². The number of benzene rings is 3. The van der Waals surface area contributed by atoms with Gasteiger partial charge in [0.15, 0.2) is 0 Å². The van der Waals surface area contributed by atoms with Gasteiger partial charge in [0.1, 0.15) is 0 Å². The molecule has 0 bridgehead atoms. The second-order valence-electron chi connectivity index (χ2n) is 9.71. The maximum atomic E-state index is 13.0. The van der Waals surface area contributed by atoms with Crippen molar-refractivity contribution in [2.75, 3.05) is 54.1 Å². The Morgan fingerprint density at radius 2 is 1.48 bits per heavy atom. The van der Waals surface area contributed by atoms with Crippen LogP contribution in [0.2, 0.25) is 0 Å². The number of halogens is 1. The van der Waals surface area contributed by atoms with Crippen LogP contribution >= 0.6 is 15.9 Å². The molecule has 2 heterocycles. The minimum atomic E-state index is -0.320. The molecular weight excluding hydrogens is 570 g/mol. The summed E-state index contributed by atoms with van der Waals surface area (Å²) < 4.78 is 0.812. The number of piperazine rings is 1. The minimum Gasteiger partial charge on any atom is -0.369 e. The Morgan fingerprint density at radius 1 is 0.800 bits per heavy atom. The number of nitrogens with one attached hydrogen (secondary N) is 3. The molecule has 0 unspecified atom stereocenters. The van der Waals surface area contributed by atoms with E-state index in [0.717, 1.165) is 41.9 Å². The maximum absolute atomic E-state index is 13.0. The van der Waals surface area contributed by atoms with Crippen molar-refractivity contribution in [3.05, 3.63) is 100 Å². The summed E-state index contributed by atoms with van der Waals surface area (Å²) in [4.78, 5) is 39.1. The molecule has 5 rings (SSSR count). The van der Waals surface area contributed by atoms with Crippen LogP contribution in [0.15, 0.2) is 83.6 Å². The van der Waals surface area contributed by atoms with Crippen molar-refractivity contribution in [3.8, 4) is 0 Å². The number of likely N-dealkylation sites (N-methyl/N-ethyl adjacent to an activating group) is 1. The number of carbonyl (C=O) groups is 2. The first-order valence-corrected chi connectivity index (χ1v) is 13.7. The molecule has 0 aliphatic carbocycles. The number of aromatic nitrogens is 2. The fourth-order valence-electron chi connectivity index (χ4n) is 4.38. The Morgan fingerprint density at radius 3 is 2.17 bits per heavy atom. The van der Waals surface area contributed by atoms with Crippen molar-refractivity contribution in [2.45, 2.75) is 6.92 Å². The fourth-order valence-corrected chi connectivity index (χ4v) is 4.78. The van der Waals surface area contributed by atoms with Crippen LogP contribution < -0.4 is 20.9 Å². The van der Waals surface area contributed by atoms with E-state index in [1.54, 1.807) is 48.8 Å². The molecule has 0 atom stereocenters. The first-order valence-electron chi connectivity index (χ1n) is 13.0. The van der Waals surface area contributed by atoms with E-state index in [2.05, 4.69) is 70.8 Å². The zero-order valence-corrected chi connectivity index (χ0v) is 23.9. The summed E-state index contributed by atoms with van der Waals surface area (Å²) >= 11 is 3.38. The van der Waals surface area contributed by atoms with Gasteiger partial charge in [-0.15, -0.1) is 0 Å². The van der Waals surface area contributed by atoms with Gasteiger partial charge in [-0.3, -0.25) is 9.59 Å². The molecule has 1 aliphatic rings. The highest BCUT2D eigenvalue weighted by Crippen LogP contribution is 2.22. The second-order valence-corrected chi connectivity index (χ2v) is 10.6. The molecule has 3 N–H and O–H groups in total. The van der Waals surface area contributed by atoms with Gasteiger partial charge in [0.05, 0.1) is 18.1 Å². The number of rotatable bonds is 7. The van der Waals surface area contributed by atoms with Gasteiger partial charge in [-0.25, -0.2) is 9.97 Å². The number of amides is 2. The maximum Gasteiger partial charge on any atom is 0.256 e. The lowest BCUT2D eigenvalue weighted by Crippen LogP contribution is -2.44. The number of hydrogen-bond acceptors (Lipinski definition) is 7. The molecule has 4 aromatic rings. The standard InChI is InChI=1S/C30H30BrN7O2/c1-20-6-7-24(34-28(39)21-4-3-5-22(31)16-21)17-27(20)29(40)35-25-18-32-30(33-19-25)36-23-8-10-26(11-9-23)38-14-12-37(2)13-15-38/h3-11,16-19H,12-15H2,1-2H3,(H,34,39)(H,35,40)(H,32,33,36). The molecule has 0 saturated carbocycles. The molecule has 40 heavy (non-hydrogen) atoms. The Hall–Kier alpha value is -4.28. The highest BCUT2D eigenvalue weighted by Gasteiger charge is 2.15. The van der Waals surface area contributed by atoms with E-state index in [4.69, 9.17) is 0 Å². The molecule has 2 amide bonds. The third-order valence-corrected chi connectivity index (χ3v) is 7.22. The second kappa shape index (κ2) is 12.3. The van der Waals surface area contributed by atoms with Crippen molar-refractivity contribution < 1.29 is 9.59 Å². The summed E-state index contributed by atoms with van der Waals surface area (Å²) in [5.74, 6) is -0.152. The van der Waals surface area contributed by atoms with Gasteiger partial charge in [0, 0.05) is 58.8 Å². The smallest absolute Gasteiger partial charge is 0.256 e. The van der Waals surface area contributed by atoms with Crippen LogP contribution in [0.1, 0.15) is 26.3 Å². The van der Waals surface area contributed by atoms with Gasteiger partial charge in [-0.2, -0.15) is 0 Å². The predicted molar refractivity (Wildman–Crippen MR) is 163 cm³/mol. The molecule has 1 aromatic heterocycles. The summed E-state index contributed by atoms with van der Waals surface area (Å²) in [5, 5.41) is 8.89. The van der Waals surface area contributed by atoms with Crippen molar-refractivity contribution in [1.29, 1.82) is 0 Å². The van der Waals surface area contributed by atoms with Crippen LogP contribution in [-0.2, 0) is 0 Å². The third-order valence-electron chi connectivity index (χ3n) is 6.73. The van der Waals surface area contributed by atoms with Crippen molar-refractivity contribution in [2.24, 2.45) is 0 Å². The molecule has 10 heteroatoms. The third kappa shape index (κ3) is 6.83. The van der Waals surface area contributed by atoms with E-state index >= 15 is 0 Å². The lowest BCUT2D eigenvalue weighted by Gasteiger charge is -2.34. The van der Waals surface area contributed by atoms with Gasteiger partial charge in [-0.1, -0.05) is 28.1 Å². The van der Waals surface area contributed by atoms with Gasteiger partial charge < -0.3 is 25.8 Å². The van der Waals surface area contributed by atoms with E-state index in [-0.39, 0.29) is 11.8 Å². The van der Waals surface area contributed by atoms with Gasteiger partial charge in [0.2, 0.25) is 5.95 Å². The quantitative estimate of drug-likeness (QED) is 0.256. The average molecular weight is 601 g/mol. The molecule has 1 saturated heterocycles. The number of hydrogen-bond donors (Lipinski definition) is 3. The molecule has 0 radical (unpaired) electrons. The van der Waals surface area contributed by atoms with Crippen molar-refractivity contribution in [3.63, 3.8) is 0 Å². The monoisotopic (exact) mass is 599 g/mol. The van der Waals surface area contributed by atoms with Crippen molar-refractivity contribution >= 4 is 56.4 Å². The van der Waals surface area contributed by atoms with E-state index < -0.39 is 0 Å². The van der Waals surface area contributed by atoms with Gasteiger partial charge >= 0.3 is 0 Å². The van der Waals surface area contributed by atoms with E-state index in [1.165, 1.54) is 5.69 Å². The average Bonchev–Trinajstić information content (AvgIpc) is 2.96. The topological polar surface area (TPSA) is 102 Å². The van der Waals surface area contributed by atoms with Crippen LogP contribution in [0, 0.1) is 6.92 Å². The van der Waals surface area contributed by atoms with Gasteiger partial charge in [-0.05, 0) is 74.1 Å². The van der Waals surface area contributed by atoms with Gasteiger partial charge in [0.25, 0.3) is 11.8 Å². The molecule has 204 valence electrons. The Balaban J connectivity index is 1.19. The summed E-state index contributed by atoms with van der Waals surface area (Å²) in [5.41, 5.74) is 4.79. The molecule has 3 aromatic carbocycles. The summed E-state index contributed by atoms with van der Waals surface area (Å²) in [7, 11) is 2.15. The summed E-state index contributed by atoms with van der Waals surface area (Å²) in [6, 6.07) is 20.5. The fraction of sp³-hybridized carbons (Fsp3) is 0.200. The van der Waals surface area contributed by atoms with Crippen LogP contribution in [0.4, 0.5) is 28.7 Å². The normalized spacial score (nSPS) is 13.5. The number of nitrogens with zero attached hydrogens (tertiary/aromatic N) is 4. The lowest BCUT2D eigenvalue weighted by atomic mass is 10.1. The van der Waals surface area contributed by atoms with Crippen LogP contribution in [-0.4, -0.2) is 59.9 Å². The van der Waals surface area contributed by atoms with Crippen molar-refractivity contribution in [1.82, 2.24) is 14.9 Å². The highest BCUT2D eigenvalue weighted by atomic mass is 79.9. The summed E-state index contributed by atoms with van der Waals surface area (Å²) in [6.45, 7) is 6.00. The lowest BCUT2D eigenvalue weighted by molar-refractivity contribution is 0.101. The molecular formula is C30H30BrN7O2. The van der Waals surface area contributed by atoms with E-state index in [0.29, 0.717) is 28.5 Å².